The Kier molecular flexibility index (Phi) is 3.27. The molecule has 6 heteroatoms. The molecule has 0 spiro atoms. The first kappa shape index (κ1) is 13.1. The Morgan fingerprint density at radius 3 is 2.86 bits per heavy atom. The Balaban J connectivity index is 1.99. The average molecular weight is 282 g/mol. The maximum atomic E-state index is 12.6. The number of carbonyl (C=O) groups excluding carboxylic acids is 2. The van der Waals surface area contributed by atoms with Crippen molar-refractivity contribution in [3.8, 4) is 0 Å². The molecular weight excluding hydrogens is 268 g/mol. The van der Waals surface area contributed by atoms with Gasteiger partial charge in [0.2, 0.25) is 5.91 Å². The number of hydrogen-bond acceptors (Lipinski definition) is 4. The van der Waals surface area contributed by atoms with Crippen LogP contribution in [0.3, 0.4) is 0 Å². The van der Waals surface area contributed by atoms with Gasteiger partial charge >= 0.3 is 0 Å². The Hall–Kier alpha value is -2.89. The molecule has 0 unspecified atom stereocenters. The number of carbonyl (C=O) groups is 2. The fourth-order valence-electron chi connectivity index (χ4n) is 2.25. The van der Waals surface area contributed by atoms with Gasteiger partial charge in [-0.05, 0) is 24.3 Å². The highest BCUT2D eigenvalue weighted by Crippen LogP contribution is 2.29. The van der Waals surface area contributed by atoms with E-state index < -0.39 is 0 Å². The molecule has 6 nitrogen and oxygen atoms in total. The summed E-state index contributed by atoms with van der Waals surface area (Å²) in [5.74, 6) is 0.0943. The van der Waals surface area contributed by atoms with Crippen molar-refractivity contribution in [2.24, 2.45) is 0 Å². The third-order valence-electron chi connectivity index (χ3n) is 3.24. The number of pyridine rings is 1. The molecule has 2 heterocycles. The Morgan fingerprint density at radius 2 is 2.05 bits per heavy atom. The summed E-state index contributed by atoms with van der Waals surface area (Å²) >= 11 is 0. The summed E-state index contributed by atoms with van der Waals surface area (Å²) in [6, 6.07) is 12.4. The summed E-state index contributed by atoms with van der Waals surface area (Å²) in [6.07, 6.45) is 0. The molecular formula is C15H14N4O2. The van der Waals surface area contributed by atoms with Gasteiger partial charge in [0.05, 0.1) is 11.4 Å². The zero-order valence-corrected chi connectivity index (χ0v) is 11.5. The Bertz CT molecular complexity index is 714. The normalized spacial score (nSPS) is 13.4. The lowest BCUT2D eigenvalue weighted by molar-refractivity contribution is -0.115. The number of benzene rings is 1. The predicted molar refractivity (Wildman–Crippen MR) is 80.5 cm³/mol. The summed E-state index contributed by atoms with van der Waals surface area (Å²) in [5, 5.41) is 5.65. The minimum atomic E-state index is -0.297. The number of hydrogen-bond donors (Lipinski definition) is 2. The smallest absolute Gasteiger partial charge is 0.277 e. The molecule has 0 atom stereocenters. The lowest BCUT2D eigenvalue weighted by Gasteiger charge is -2.28. The van der Waals surface area contributed by atoms with Crippen LogP contribution in [0.25, 0.3) is 0 Å². The predicted octanol–water partition coefficient (Wildman–Crippen LogP) is 1.72. The lowest BCUT2D eigenvalue weighted by Crippen LogP contribution is -2.42. The van der Waals surface area contributed by atoms with Gasteiger partial charge in [-0.3, -0.25) is 14.5 Å². The molecule has 2 amide bonds. The quantitative estimate of drug-likeness (QED) is 0.879. The van der Waals surface area contributed by atoms with Crippen LogP contribution in [0.15, 0.2) is 42.5 Å². The van der Waals surface area contributed by atoms with Gasteiger partial charge in [0.1, 0.15) is 18.1 Å². The first-order valence-electron chi connectivity index (χ1n) is 6.54. The number of fused-ring (bicyclic) bond motifs is 1. The first-order chi connectivity index (χ1) is 10.2. The highest BCUT2D eigenvalue weighted by Gasteiger charge is 2.28. The standard InChI is InChI=1S/C15H14N4O2/c1-16-13-8-4-6-11(17-13)15(21)19-9-14(20)18-10-5-2-3-7-12(10)19/h2-8H,9H2,1H3,(H,16,17)(H,18,20). The minimum Gasteiger partial charge on any atom is -0.373 e. The second kappa shape index (κ2) is 5.24. The van der Waals surface area contributed by atoms with Crippen molar-refractivity contribution in [2.45, 2.75) is 0 Å². The molecule has 0 saturated carbocycles. The SMILES string of the molecule is CNc1cccc(C(=O)N2CC(=O)Nc3ccccc32)n1. The van der Waals surface area contributed by atoms with Crippen LogP contribution in [0.4, 0.5) is 17.2 Å². The van der Waals surface area contributed by atoms with Crippen molar-refractivity contribution in [1.29, 1.82) is 0 Å². The largest absolute Gasteiger partial charge is 0.373 e. The molecule has 3 rings (SSSR count). The van der Waals surface area contributed by atoms with Crippen LogP contribution in [0.5, 0.6) is 0 Å². The molecule has 0 saturated heterocycles. The van der Waals surface area contributed by atoms with Crippen molar-refractivity contribution in [2.75, 3.05) is 29.1 Å². The van der Waals surface area contributed by atoms with E-state index in [4.69, 9.17) is 0 Å². The van der Waals surface area contributed by atoms with Crippen LogP contribution < -0.4 is 15.5 Å². The third-order valence-corrected chi connectivity index (χ3v) is 3.24. The number of para-hydroxylation sites is 2. The summed E-state index contributed by atoms with van der Waals surface area (Å²) in [6.45, 7) is -0.0126. The van der Waals surface area contributed by atoms with Crippen molar-refractivity contribution in [1.82, 2.24) is 4.98 Å². The van der Waals surface area contributed by atoms with E-state index in [9.17, 15) is 9.59 Å². The molecule has 0 aliphatic carbocycles. The number of anilines is 3. The highest BCUT2D eigenvalue weighted by atomic mass is 16.2. The fourth-order valence-corrected chi connectivity index (χ4v) is 2.25. The van der Waals surface area contributed by atoms with Gasteiger partial charge < -0.3 is 10.6 Å². The average Bonchev–Trinajstić information content (AvgIpc) is 2.53. The van der Waals surface area contributed by atoms with Crippen LogP contribution in [0, 0.1) is 0 Å². The molecule has 1 aromatic heterocycles. The van der Waals surface area contributed by atoms with E-state index in [2.05, 4.69) is 15.6 Å². The van der Waals surface area contributed by atoms with E-state index in [-0.39, 0.29) is 18.4 Å². The van der Waals surface area contributed by atoms with Gasteiger partial charge in [-0.1, -0.05) is 18.2 Å². The Morgan fingerprint density at radius 1 is 1.24 bits per heavy atom. The Labute approximate surface area is 121 Å². The molecule has 0 radical (unpaired) electrons. The summed E-state index contributed by atoms with van der Waals surface area (Å²) in [7, 11) is 1.74. The monoisotopic (exact) mass is 282 g/mol. The zero-order valence-electron chi connectivity index (χ0n) is 11.5. The van der Waals surface area contributed by atoms with Gasteiger partial charge in [0.15, 0.2) is 0 Å². The van der Waals surface area contributed by atoms with Gasteiger partial charge in [-0.25, -0.2) is 4.98 Å². The van der Waals surface area contributed by atoms with Crippen LogP contribution >= 0.6 is 0 Å². The van der Waals surface area contributed by atoms with E-state index in [0.717, 1.165) is 0 Å². The molecule has 0 bridgehead atoms. The second-order valence-corrected chi connectivity index (χ2v) is 4.61. The minimum absolute atomic E-state index is 0.0126. The third kappa shape index (κ3) is 2.43. The molecule has 1 aromatic carbocycles. The van der Waals surface area contributed by atoms with Crippen molar-refractivity contribution >= 4 is 29.0 Å². The summed E-state index contributed by atoms with van der Waals surface area (Å²) < 4.78 is 0. The van der Waals surface area contributed by atoms with Crippen LogP contribution in [0.1, 0.15) is 10.5 Å². The van der Waals surface area contributed by atoms with Gasteiger partial charge in [-0.15, -0.1) is 0 Å². The van der Waals surface area contributed by atoms with Crippen LogP contribution in [-0.4, -0.2) is 30.4 Å². The topological polar surface area (TPSA) is 74.3 Å². The summed E-state index contributed by atoms with van der Waals surface area (Å²) in [4.78, 5) is 30.1. The van der Waals surface area contributed by atoms with Crippen molar-refractivity contribution < 1.29 is 9.59 Å². The summed E-state index contributed by atoms with van der Waals surface area (Å²) in [5.41, 5.74) is 1.61. The number of nitrogens with zero attached hydrogens (tertiary/aromatic N) is 2. The van der Waals surface area contributed by atoms with Crippen LogP contribution in [-0.2, 0) is 4.79 Å². The molecule has 1 aliphatic rings. The molecule has 2 N–H and O–H groups in total. The maximum absolute atomic E-state index is 12.6. The number of rotatable bonds is 2. The van der Waals surface area contributed by atoms with E-state index in [0.29, 0.717) is 22.9 Å². The van der Waals surface area contributed by atoms with Crippen LogP contribution in [0.2, 0.25) is 0 Å². The molecule has 0 fully saturated rings. The molecule has 21 heavy (non-hydrogen) atoms. The number of nitrogens with one attached hydrogen (secondary N) is 2. The number of aromatic nitrogens is 1. The molecule has 1 aliphatic heterocycles. The van der Waals surface area contributed by atoms with E-state index >= 15 is 0 Å². The van der Waals surface area contributed by atoms with E-state index in [1.54, 1.807) is 37.4 Å². The second-order valence-electron chi connectivity index (χ2n) is 4.61. The molecule has 106 valence electrons. The van der Waals surface area contributed by atoms with E-state index in [1.165, 1.54) is 4.90 Å². The van der Waals surface area contributed by atoms with Crippen molar-refractivity contribution in [3.63, 3.8) is 0 Å². The zero-order chi connectivity index (χ0) is 14.8. The number of amides is 2. The first-order valence-corrected chi connectivity index (χ1v) is 6.54. The van der Waals surface area contributed by atoms with Crippen molar-refractivity contribution in [3.05, 3.63) is 48.2 Å². The highest BCUT2D eigenvalue weighted by molar-refractivity contribution is 6.14. The fraction of sp³-hybridized carbons (Fsp3) is 0.133. The van der Waals surface area contributed by atoms with Gasteiger partial charge in [-0.2, -0.15) is 0 Å². The maximum Gasteiger partial charge on any atom is 0.277 e. The lowest BCUT2D eigenvalue weighted by atomic mass is 10.1. The van der Waals surface area contributed by atoms with Gasteiger partial charge in [0.25, 0.3) is 5.91 Å². The van der Waals surface area contributed by atoms with Gasteiger partial charge in [0, 0.05) is 7.05 Å². The van der Waals surface area contributed by atoms with E-state index in [1.807, 2.05) is 12.1 Å². The molecule has 2 aromatic rings.